The second-order valence-corrected chi connectivity index (χ2v) is 29.8. The highest BCUT2D eigenvalue weighted by atomic mass is 35.5. The van der Waals surface area contributed by atoms with Gasteiger partial charge in [-0.25, -0.2) is 47.5 Å². The van der Waals surface area contributed by atoms with Crippen LogP contribution in [0, 0.1) is 23.3 Å². The topological polar surface area (TPSA) is 379 Å². The van der Waals surface area contributed by atoms with Gasteiger partial charge in [0.2, 0.25) is 0 Å². The highest BCUT2D eigenvalue weighted by molar-refractivity contribution is 6.30. The number of rotatable bonds is 21. The van der Waals surface area contributed by atoms with E-state index in [9.17, 15) is 42.6 Å². The van der Waals surface area contributed by atoms with Crippen molar-refractivity contribution in [2.24, 2.45) is 0 Å². The molecule has 4 aromatic heterocycles. The minimum Gasteiger partial charge on any atom is -0.394 e. The molecule has 29 heteroatoms. The second kappa shape index (κ2) is 41.6. The zero-order chi connectivity index (χ0) is 85.5. The molecule has 3 saturated heterocycles. The van der Waals surface area contributed by atoms with E-state index in [1.807, 2.05) is 104 Å². The molecule has 7 heterocycles. The van der Waals surface area contributed by atoms with E-state index in [1.54, 1.807) is 67.4 Å². The van der Waals surface area contributed by atoms with E-state index in [0.717, 1.165) is 83.8 Å². The monoisotopic (exact) mass is 1660 g/mol. The smallest absolute Gasteiger partial charge is 0.254 e. The summed E-state index contributed by atoms with van der Waals surface area (Å²) in [5, 5.41) is 30.2. The molecule has 3 fully saturated rings. The first kappa shape index (κ1) is 87.4. The Kier molecular flexibility index (Phi) is 30.1. The number of hydrogen-bond donors (Lipinski definition) is 10. The average Bonchev–Trinajstić information content (AvgIpc) is 0.788. The normalized spacial score (nSPS) is 14.6. The molecule has 14 N–H and O–H groups in total. The van der Waals surface area contributed by atoms with Gasteiger partial charge in [-0.3, -0.25) is 24.2 Å². The quantitative estimate of drug-likeness (QED) is 0.0299. The Hall–Kier alpha value is -13.0. The molecule has 3 aliphatic heterocycles. The van der Waals surface area contributed by atoms with Crippen LogP contribution in [-0.2, 0) is 26.2 Å². The molecule has 3 atom stereocenters. The van der Waals surface area contributed by atoms with Crippen molar-refractivity contribution >= 4 is 58.5 Å². The first-order chi connectivity index (χ1) is 58.5. The van der Waals surface area contributed by atoms with E-state index in [0.29, 0.717) is 108 Å². The molecule has 0 spiro atoms. The van der Waals surface area contributed by atoms with Crippen molar-refractivity contribution in [1.29, 1.82) is 0 Å². The number of aromatic nitrogens is 7. The lowest BCUT2D eigenvalue weighted by atomic mass is 9.76. The highest BCUT2D eigenvalue weighted by Crippen LogP contribution is 2.39. The van der Waals surface area contributed by atoms with Crippen LogP contribution in [-0.4, -0.2) is 122 Å². The second-order valence-electron chi connectivity index (χ2n) is 29.4. The molecule has 3 aliphatic rings. The van der Waals surface area contributed by atoms with E-state index in [1.165, 1.54) is 54.6 Å². The molecule has 8 aromatic carbocycles. The van der Waals surface area contributed by atoms with Gasteiger partial charge in [-0.1, -0.05) is 146 Å². The molecule has 0 aliphatic carbocycles. The molecule has 15 rings (SSSR count). The largest absolute Gasteiger partial charge is 0.394 e. The van der Waals surface area contributed by atoms with Crippen LogP contribution >= 0.6 is 11.6 Å². The SMILES string of the molecule is CC1(c2cnc(N)c(-c3ccc(C(=O)N[C@H](CO)c4ccccc4)c(F)c3)c2)CCOCC1.C[C@@H](NC(=O)c1ccc(-c2nc(C3CCOCC3)cnc2N)cc1F)c1ccccc1.Nc1ncc(C2CCOCC2)nc1-c1ccc(C(=O)N[C@H](CO)c2ccc(F)c(Cl)c2)c(F)c1.Nc1nccnc1-c1ccc(C(=O)NCc2ccccc2)cc1. The average molecular weight is 1660 g/mol. The number of aliphatic hydroxyl groups excluding tert-OH is 2. The van der Waals surface area contributed by atoms with E-state index < -0.39 is 59.7 Å². The van der Waals surface area contributed by atoms with Gasteiger partial charge in [0.25, 0.3) is 23.6 Å². The van der Waals surface area contributed by atoms with Crippen LogP contribution in [0.4, 0.5) is 40.8 Å². The van der Waals surface area contributed by atoms with E-state index in [2.05, 4.69) is 63.1 Å². The van der Waals surface area contributed by atoms with Gasteiger partial charge in [-0.05, 0) is 151 Å². The summed E-state index contributed by atoms with van der Waals surface area (Å²) >= 11 is 5.79. The molecule has 121 heavy (non-hydrogen) atoms. The zero-order valence-corrected chi connectivity index (χ0v) is 67.2. The van der Waals surface area contributed by atoms with Crippen LogP contribution in [0.1, 0.15) is 163 Å². The van der Waals surface area contributed by atoms with Crippen molar-refractivity contribution in [2.75, 3.05) is 75.8 Å². The lowest BCUT2D eigenvalue weighted by Crippen LogP contribution is -2.31. The Morgan fingerprint density at radius 2 is 0.909 bits per heavy atom. The fourth-order valence-corrected chi connectivity index (χ4v) is 14.2. The molecule has 0 unspecified atom stereocenters. The molecule has 624 valence electrons. The van der Waals surface area contributed by atoms with Crippen molar-refractivity contribution < 1.29 is 61.2 Å². The summed E-state index contributed by atoms with van der Waals surface area (Å²) in [7, 11) is 0. The molecule has 24 nitrogen and oxygen atoms in total. The highest BCUT2D eigenvalue weighted by Gasteiger charge is 2.32. The molecule has 0 bridgehead atoms. The van der Waals surface area contributed by atoms with Gasteiger partial charge in [-0.15, -0.1) is 0 Å². The first-order valence-corrected chi connectivity index (χ1v) is 39.7. The predicted molar refractivity (Wildman–Crippen MR) is 455 cm³/mol. The number of aliphatic hydroxyl groups is 2. The standard InChI is InChI=1S/C26H28FN3O3.C24H23ClF2N4O3.C24H25FN4O2.C18H16N4O/c1-26(9-11-33-12-10-26)19-14-21(24(28)29-15-19)18-7-8-20(22(27)13-18)25(32)30-23(16-31)17-5-3-2-4-6-17;25-17-9-14(2-4-18(17)26)21(12-32)31-24(33)16-3-1-15(10-19(16)27)22-23(28)29-11-20(30-22)13-5-7-34-8-6-13;1-15(16-5-3-2-4-6-16)28-24(30)19-8-7-18(13-20(19)25)22-23(26)27-14-21(29-22)17-9-11-31-12-10-17;19-17-16(20-10-11-21-17)14-6-8-15(9-7-14)18(23)22-12-13-4-2-1-3-5-13/h2-8,13-15,23,31H,9-12,16H2,1H3,(H2,28,29)(H,30,32);1-4,9-11,13,21,32H,5-8,12H2,(H2,28,29)(H,31,33);2-8,13-15,17H,9-12H2,1H3,(H2,26,27)(H,28,30);1-11H,12H2,(H2,19,21)(H,22,23)/t23-;21-;15-;/m111./s1. The lowest BCUT2D eigenvalue weighted by molar-refractivity contribution is 0.0563. The number of anilines is 4. The van der Waals surface area contributed by atoms with Crippen LogP contribution in [0.25, 0.3) is 44.9 Å². The number of halogens is 5. The fraction of sp³-hybridized carbons (Fsp3) is 0.250. The van der Waals surface area contributed by atoms with Gasteiger partial charge >= 0.3 is 0 Å². The van der Waals surface area contributed by atoms with Crippen molar-refractivity contribution in [3.8, 4) is 44.9 Å². The summed E-state index contributed by atoms with van der Waals surface area (Å²) in [4.78, 5) is 80.5. The first-order valence-electron chi connectivity index (χ1n) is 39.4. The molecule has 12 aromatic rings. The maximum absolute atomic E-state index is 15.0. The fourth-order valence-electron chi connectivity index (χ4n) is 14.0. The number of amides is 4. The molecule has 0 radical (unpaired) electrons. The van der Waals surface area contributed by atoms with Crippen molar-refractivity contribution in [1.82, 2.24) is 56.2 Å². The van der Waals surface area contributed by atoms with Crippen LogP contribution < -0.4 is 44.2 Å². The summed E-state index contributed by atoms with van der Waals surface area (Å²) in [5.41, 5.74) is 34.1. The van der Waals surface area contributed by atoms with Crippen LogP contribution in [0.3, 0.4) is 0 Å². The zero-order valence-electron chi connectivity index (χ0n) is 66.4. The van der Waals surface area contributed by atoms with Crippen LogP contribution in [0.2, 0.25) is 5.02 Å². The van der Waals surface area contributed by atoms with Crippen LogP contribution in [0.5, 0.6) is 0 Å². The number of benzene rings is 8. The lowest BCUT2D eigenvalue weighted by Gasteiger charge is -2.34. The Morgan fingerprint density at radius 1 is 0.463 bits per heavy atom. The van der Waals surface area contributed by atoms with Crippen LogP contribution in [0.15, 0.2) is 225 Å². The third-order valence-electron chi connectivity index (χ3n) is 21.2. The molecule has 4 amide bonds. The Bertz CT molecular complexity index is 5560. The van der Waals surface area contributed by atoms with Gasteiger partial charge in [-0.2, -0.15) is 0 Å². The number of hydrogen-bond acceptors (Lipinski definition) is 20. The minimum atomic E-state index is -0.901. The van der Waals surface area contributed by atoms with Crippen molar-refractivity contribution in [3.05, 3.63) is 315 Å². The summed E-state index contributed by atoms with van der Waals surface area (Å²) in [6.07, 6.45) is 13.3. The van der Waals surface area contributed by atoms with E-state index in [-0.39, 0.29) is 69.2 Å². The number of ether oxygens (including phenoxy) is 3. The minimum absolute atomic E-state index is 0.0290. The predicted octanol–water partition coefficient (Wildman–Crippen LogP) is 14.9. The van der Waals surface area contributed by atoms with E-state index in [4.69, 9.17) is 48.7 Å². The summed E-state index contributed by atoms with van der Waals surface area (Å²) in [6, 6.07) is 52.3. The molecule has 0 saturated carbocycles. The number of nitrogens with two attached hydrogens (primary N) is 4. The Labute approximate surface area is 702 Å². The van der Waals surface area contributed by atoms with Gasteiger partial charge in [0, 0.05) is 104 Å². The van der Waals surface area contributed by atoms with Gasteiger partial charge in [0.1, 0.15) is 63.6 Å². The number of carbonyl (C=O) groups is 4. The number of nitrogens with one attached hydrogen (secondary N) is 4. The maximum atomic E-state index is 15.0. The third-order valence-corrected chi connectivity index (χ3v) is 21.5. The maximum Gasteiger partial charge on any atom is 0.254 e. The summed E-state index contributed by atoms with van der Waals surface area (Å²) in [5.74, 6) is -3.18. The van der Waals surface area contributed by atoms with Gasteiger partial charge in [0.05, 0.1) is 76.8 Å². The third kappa shape index (κ3) is 22.7. The number of nitrogens with zero attached hydrogens (tertiary/aromatic N) is 7. The van der Waals surface area contributed by atoms with E-state index >= 15 is 4.39 Å². The molecular formula is C92H92ClF4N15O9. The number of pyridine rings is 1. The Morgan fingerprint density at radius 3 is 1.41 bits per heavy atom. The number of nitrogen functional groups attached to an aromatic ring is 4. The van der Waals surface area contributed by atoms with Gasteiger partial charge in [0.15, 0.2) is 0 Å². The molecular weight excluding hydrogens is 1570 g/mol. The van der Waals surface area contributed by atoms with Gasteiger partial charge < -0.3 is 68.6 Å². The van der Waals surface area contributed by atoms with Crippen molar-refractivity contribution in [2.45, 2.75) is 94.3 Å². The Balaban J connectivity index is 0.000000149. The number of carbonyl (C=O) groups excluding carboxylic acids is 4. The summed E-state index contributed by atoms with van der Waals surface area (Å²) in [6.45, 7) is 7.78. The van der Waals surface area contributed by atoms with Crippen molar-refractivity contribution in [3.63, 3.8) is 0 Å². The summed E-state index contributed by atoms with van der Waals surface area (Å²) < 4.78 is 74.5.